The molecule has 0 aromatic heterocycles. The molecule has 0 atom stereocenters. The molecule has 0 heterocycles. The van der Waals surface area contributed by atoms with Crippen molar-refractivity contribution in [3.8, 4) is 0 Å². The lowest BCUT2D eigenvalue weighted by Gasteiger charge is -1.91. The van der Waals surface area contributed by atoms with Crippen LogP contribution in [0.4, 0.5) is 18.8 Å². The van der Waals surface area contributed by atoms with Crippen LogP contribution >= 0.6 is 0 Å². The maximum atomic E-state index is 4.66. The van der Waals surface area contributed by atoms with Crippen LogP contribution in [0.5, 0.6) is 0 Å². The van der Waals surface area contributed by atoms with Gasteiger partial charge in [0.1, 0.15) is 0 Å². The van der Waals surface area contributed by atoms with E-state index in [2.05, 4.69) is 9.47 Å². The summed E-state index contributed by atoms with van der Waals surface area (Å²) in [5.41, 5.74) is 0. The summed E-state index contributed by atoms with van der Waals surface area (Å²) >= 11 is 0. The zero-order chi connectivity index (χ0) is 4.83. The average Bonchev–Trinajstić information content (AvgIpc) is 1.61. The molecular weight excluding hydrogens is 156 g/mol. The molecule has 0 aromatic rings. The largest absolute Gasteiger partial charge is 0.382 e. The lowest BCUT2D eigenvalue weighted by Crippen LogP contribution is -1.96. The second-order valence-electron chi connectivity index (χ2n) is 0.986. The van der Waals surface area contributed by atoms with Gasteiger partial charge in [-0.3, -0.25) is 18.8 Å². The molecule has 0 fully saturated rings. The Bertz CT molecular complexity index is 27.2. The lowest BCUT2D eigenvalue weighted by molar-refractivity contribution is 0.103. The Morgan fingerprint density at radius 1 is 0.700 bits per heavy atom. The molecule has 0 rings (SSSR count). The Labute approximate surface area is 57.0 Å². The minimum atomic E-state index is 0. The Kier molecular flexibility index (Phi) is 127. The summed E-state index contributed by atoms with van der Waals surface area (Å²) in [6.45, 7) is 1.38. The normalized spacial score (nSPS) is 5.40. The predicted molar refractivity (Wildman–Crippen MR) is 33.8 cm³/mol. The smallest absolute Gasteiger partial charge is 0.0696 e. The highest BCUT2D eigenvalue weighted by Crippen LogP contribution is 1.65. The Morgan fingerprint density at radius 2 is 0.900 bits per heavy atom. The highest BCUT2D eigenvalue weighted by atomic mass is 19.0. The van der Waals surface area contributed by atoms with Crippen LogP contribution in [-0.4, -0.2) is 27.4 Å². The van der Waals surface area contributed by atoms with Gasteiger partial charge in [-0.1, -0.05) is 0 Å². The summed E-state index contributed by atoms with van der Waals surface area (Å²) in [6, 6.07) is 0. The third-order valence-electron chi connectivity index (χ3n) is 0.492. The molecule has 0 bridgehead atoms. The van der Waals surface area contributed by atoms with Crippen LogP contribution < -0.4 is 0 Å². The van der Waals surface area contributed by atoms with Gasteiger partial charge in [0.2, 0.25) is 0 Å². The number of rotatable bonds is 3. The third kappa shape index (κ3) is 48.3. The Hall–Kier alpha value is -0.360. The van der Waals surface area contributed by atoms with Gasteiger partial charge in [-0.25, -0.2) is 0 Å². The fraction of sp³-hybridized carbons (Fsp3) is 1.00. The van der Waals surface area contributed by atoms with Crippen LogP contribution in [0.15, 0.2) is 0 Å². The van der Waals surface area contributed by atoms with Crippen LogP contribution in [0.1, 0.15) is 0 Å². The van der Waals surface area contributed by atoms with E-state index in [-0.39, 0.29) is 18.8 Å². The molecule has 10 heavy (non-hydrogen) atoms. The average molecular weight is 170 g/mol. The SMILES string of the molecule is COCCOC.F.F.F.F. The first kappa shape index (κ1) is 33.4. The van der Waals surface area contributed by atoms with Crippen LogP contribution in [0, 0.1) is 0 Å². The summed E-state index contributed by atoms with van der Waals surface area (Å²) in [4.78, 5) is 0. The first-order valence-electron chi connectivity index (χ1n) is 1.89. The minimum absolute atomic E-state index is 0. The number of methoxy groups -OCH3 is 2. The van der Waals surface area contributed by atoms with E-state index in [1.165, 1.54) is 0 Å². The van der Waals surface area contributed by atoms with Gasteiger partial charge in [-0.2, -0.15) is 0 Å². The molecule has 2 nitrogen and oxygen atoms in total. The first-order chi connectivity index (χ1) is 2.91. The van der Waals surface area contributed by atoms with Gasteiger partial charge in [0.15, 0.2) is 0 Å². The zero-order valence-electron chi connectivity index (χ0n) is 5.86. The van der Waals surface area contributed by atoms with Gasteiger partial charge < -0.3 is 9.47 Å². The van der Waals surface area contributed by atoms with Gasteiger partial charge in [0, 0.05) is 14.2 Å². The quantitative estimate of drug-likeness (QED) is 0.462. The van der Waals surface area contributed by atoms with Crippen molar-refractivity contribution in [1.82, 2.24) is 0 Å². The minimum Gasteiger partial charge on any atom is -0.382 e. The van der Waals surface area contributed by atoms with E-state index >= 15 is 0 Å². The van der Waals surface area contributed by atoms with Gasteiger partial charge >= 0.3 is 0 Å². The van der Waals surface area contributed by atoms with Gasteiger partial charge in [0.25, 0.3) is 0 Å². The van der Waals surface area contributed by atoms with E-state index in [1.807, 2.05) is 0 Å². The van der Waals surface area contributed by atoms with E-state index < -0.39 is 0 Å². The van der Waals surface area contributed by atoms with Crippen molar-refractivity contribution in [1.29, 1.82) is 0 Å². The van der Waals surface area contributed by atoms with Crippen LogP contribution in [0.2, 0.25) is 0 Å². The van der Waals surface area contributed by atoms with Crippen molar-refractivity contribution in [3.63, 3.8) is 0 Å². The van der Waals surface area contributed by atoms with Crippen molar-refractivity contribution in [2.24, 2.45) is 0 Å². The molecule has 0 saturated heterocycles. The summed E-state index contributed by atoms with van der Waals surface area (Å²) < 4.78 is 9.31. The molecular formula is C4H14F4O2. The fourth-order valence-electron chi connectivity index (χ4n) is 0.167. The molecule has 70 valence electrons. The molecule has 0 amide bonds. The van der Waals surface area contributed by atoms with Crippen LogP contribution in [-0.2, 0) is 9.47 Å². The molecule has 0 aliphatic heterocycles. The van der Waals surface area contributed by atoms with Crippen molar-refractivity contribution in [2.45, 2.75) is 0 Å². The highest BCUT2D eigenvalue weighted by molar-refractivity contribution is 4.17. The Balaban J connectivity index is -0.0000000208. The number of hydrogen-bond donors (Lipinski definition) is 0. The maximum Gasteiger partial charge on any atom is 0.0696 e. The topological polar surface area (TPSA) is 18.5 Å². The van der Waals surface area contributed by atoms with Crippen molar-refractivity contribution in [2.75, 3.05) is 27.4 Å². The van der Waals surface area contributed by atoms with Crippen LogP contribution in [0.25, 0.3) is 0 Å². The summed E-state index contributed by atoms with van der Waals surface area (Å²) in [5, 5.41) is 0. The number of ether oxygens (including phenoxy) is 2. The second kappa shape index (κ2) is 38.1. The molecule has 0 radical (unpaired) electrons. The zero-order valence-corrected chi connectivity index (χ0v) is 5.86. The fourth-order valence-corrected chi connectivity index (χ4v) is 0.167. The summed E-state index contributed by atoms with van der Waals surface area (Å²) in [5.74, 6) is 0. The highest BCUT2D eigenvalue weighted by Gasteiger charge is 1.73. The number of hydrogen-bond acceptors (Lipinski definition) is 2. The summed E-state index contributed by atoms with van der Waals surface area (Å²) in [7, 11) is 3.30. The molecule has 0 unspecified atom stereocenters. The van der Waals surface area contributed by atoms with E-state index in [1.54, 1.807) is 14.2 Å². The van der Waals surface area contributed by atoms with E-state index in [0.717, 1.165) is 0 Å². The van der Waals surface area contributed by atoms with E-state index in [0.29, 0.717) is 13.2 Å². The second-order valence-corrected chi connectivity index (χ2v) is 0.986. The van der Waals surface area contributed by atoms with Gasteiger partial charge in [-0.05, 0) is 0 Å². The maximum absolute atomic E-state index is 4.66. The van der Waals surface area contributed by atoms with E-state index in [9.17, 15) is 0 Å². The van der Waals surface area contributed by atoms with Gasteiger partial charge in [-0.15, -0.1) is 0 Å². The number of halogens is 4. The third-order valence-corrected chi connectivity index (χ3v) is 0.492. The molecule has 0 aromatic carbocycles. The predicted octanol–water partition coefficient (Wildman–Crippen LogP) is 0.889. The Morgan fingerprint density at radius 3 is 1.00 bits per heavy atom. The van der Waals surface area contributed by atoms with Crippen molar-refractivity contribution in [3.05, 3.63) is 0 Å². The lowest BCUT2D eigenvalue weighted by atomic mass is 10.8. The molecule has 0 spiro atoms. The first-order valence-corrected chi connectivity index (χ1v) is 1.89. The molecule has 0 saturated carbocycles. The summed E-state index contributed by atoms with van der Waals surface area (Å²) in [6.07, 6.45) is 0. The molecule has 0 N–H and O–H groups in total. The van der Waals surface area contributed by atoms with Crippen molar-refractivity contribution >= 4 is 0 Å². The van der Waals surface area contributed by atoms with Crippen LogP contribution in [0.3, 0.4) is 0 Å². The molecule has 0 aliphatic rings. The molecule has 0 aliphatic carbocycles. The van der Waals surface area contributed by atoms with Crippen molar-refractivity contribution < 1.29 is 28.3 Å². The standard InChI is InChI=1S/C4H10O2.4FH/c1-5-3-4-6-2;;;;/h3-4H2,1-2H3;4*1H. The molecule has 6 heteroatoms. The monoisotopic (exact) mass is 170 g/mol. The van der Waals surface area contributed by atoms with E-state index in [4.69, 9.17) is 0 Å². The van der Waals surface area contributed by atoms with Gasteiger partial charge in [0.05, 0.1) is 13.2 Å².